The lowest BCUT2D eigenvalue weighted by atomic mass is 9.42. The quantitative estimate of drug-likeness (QED) is 0.507. The normalized spacial score (nSPS) is 60.9. The minimum Gasteiger partial charge on any atom is -0.392 e. The Kier molecular flexibility index (Phi) is 5.15. The van der Waals surface area contributed by atoms with Crippen LogP contribution in [0.2, 0.25) is 0 Å². The average molecular weight is 468 g/mol. The van der Waals surface area contributed by atoms with Gasteiger partial charge in [0, 0.05) is 88.4 Å². The van der Waals surface area contributed by atoms with Gasteiger partial charge in [-0.15, -0.1) is 0 Å². The fraction of sp³-hybridized carbons (Fsp3) is 1.00. The summed E-state index contributed by atoms with van der Waals surface area (Å²) < 4.78 is 24.3. The van der Waals surface area contributed by atoms with Gasteiger partial charge in [0.15, 0.2) is 0 Å². The van der Waals surface area contributed by atoms with Crippen LogP contribution in [0.3, 0.4) is 0 Å². The molecule has 0 amide bonds. The van der Waals surface area contributed by atoms with Gasteiger partial charge in [-0.25, -0.2) is 0 Å². The number of aliphatic hydroxyl groups excluding tert-OH is 2. The Balaban J connectivity index is 1.65. The molecule has 0 unspecified atom stereocenters. The van der Waals surface area contributed by atoms with Crippen LogP contribution in [0, 0.1) is 40.4 Å². The van der Waals surface area contributed by atoms with Crippen LogP contribution in [0.4, 0.5) is 0 Å². The Bertz CT molecular complexity index is 799. The fourth-order valence-corrected chi connectivity index (χ4v) is 10.9. The van der Waals surface area contributed by atoms with Gasteiger partial charge >= 0.3 is 0 Å². The molecule has 5 aliphatic carbocycles. The average Bonchev–Trinajstić information content (AvgIpc) is 3.20. The topological polar surface area (TPSA) is 101 Å². The highest BCUT2D eigenvalue weighted by molar-refractivity contribution is 5.36. The van der Waals surface area contributed by atoms with Crippen molar-refractivity contribution in [2.75, 3.05) is 48.1 Å². The van der Waals surface area contributed by atoms with Crippen LogP contribution in [0.5, 0.6) is 0 Å². The van der Waals surface area contributed by atoms with Crippen LogP contribution in [-0.2, 0) is 18.9 Å². The number of ether oxygens (including phenoxy) is 4. The molecular weight excluding hydrogens is 426 g/mol. The number of methoxy groups -OCH3 is 4. The summed E-state index contributed by atoms with van der Waals surface area (Å²) in [5.74, 6) is -0.369. The Morgan fingerprint density at radius 3 is 2.36 bits per heavy atom. The van der Waals surface area contributed by atoms with Gasteiger partial charge in [0.05, 0.1) is 42.7 Å². The highest BCUT2D eigenvalue weighted by Crippen LogP contribution is 2.79. The first-order valence-electron chi connectivity index (χ1n) is 12.7. The maximum absolute atomic E-state index is 12.6. The molecule has 188 valence electrons. The zero-order chi connectivity index (χ0) is 23.5. The maximum Gasteiger partial charge on any atom is 0.0796 e. The van der Waals surface area contributed by atoms with Crippen molar-refractivity contribution in [1.82, 2.24) is 4.90 Å². The third-order valence-electron chi connectivity index (χ3n) is 11.5. The van der Waals surface area contributed by atoms with E-state index >= 15 is 0 Å². The van der Waals surface area contributed by atoms with Gasteiger partial charge in [-0.1, -0.05) is 6.92 Å². The second-order valence-corrected chi connectivity index (χ2v) is 11.8. The van der Waals surface area contributed by atoms with Crippen LogP contribution in [-0.4, -0.2) is 111 Å². The van der Waals surface area contributed by atoms with Crippen molar-refractivity contribution in [2.45, 2.75) is 68.3 Å². The molecule has 33 heavy (non-hydrogen) atoms. The lowest BCUT2D eigenvalue weighted by Crippen LogP contribution is -2.78. The van der Waals surface area contributed by atoms with E-state index in [0.717, 1.165) is 19.5 Å². The zero-order valence-electron chi connectivity index (χ0n) is 20.5. The van der Waals surface area contributed by atoms with Gasteiger partial charge < -0.3 is 34.3 Å². The molecular formula is C25H41NO7. The van der Waals surface area contributed by atoms with Gasteiger partial charge in [-0.05, 0) is 18.9 Å². The summed E-state index contributed by atoms with van der Waals surface area (Å²) in [7, 11) is 6.91. The number of aliphatic hydroxyl groups is 3. The van der Waals surface area contributed by atoms with Crippen molar-refractivity contribution < 1.29 is 34.3 Å². The van der Waals surface area contributed by atoms with E-state index in [0.29, 0.717) is 19.4 Å². The summed E-state index contributed by atoms with van der Waals surface area (Å²) in [6.07, 6.45) is 0.0688. The molecule has 1 aliphatic heterocycles. The second-order valence-electron chi connectivity index (χ2n) is 11.8. The summed E-state index contributed by atoms with van der Waals surface area (Å²) in [5.41, 5.74) is -1.93. The van der Waals surface area contributed by atoms with E-state index < -0.39 is 23.2 Å². The standard InChI is InChI=1S/C25H41NO7/c1-6-26-10-23(11-30-2)15(27)8-16(32-4)25-13-7-12-14(31-3)9-24(29,17(13)19(12)28)18(22(25)26)20(33-5)21(23)25/h12-22,27-29H,6-11H2,1-5H3/t12-,13-,14+,15+,16+,17-,18+,19-,20-,21-,22-,23+,24-,25+/m0/s1. The van der Waals surface area contributed by atoms with Gasteiger partial charge in [0.2, 0.25) is 0 Å². The molecule has 0 aromatic rings. The third-order valence-corrected chi connectivity index (χ3v) is 11.5. The first kappa shape index (κ1) is 23.1. The van der Waals surface area contributed by atoms with Crippen molar-refractivity contribution in [3.05, 3.63) is 0 Å². The van der Waals surface area contributed by atoms with Crippen LogP contribution < -0.4 is 0 Å². The molecule has 6 rings (SSSR count). The minimum atomic E-state index is -1.09. The van der Waals surface area contributed by atoms with E-state index in [4.69, 9.17) is 18.9 Å². The third kappa shape index (κ3) is 2.32. The van der Waals surface area contributed by atoms with Gasteiger partial charge in [0.25, 0.3) is 0 Å². The van der Waals surface area contributed by atoms with Gasteiger partial charge in [0.1, 0.15) is 0 Å². The van der Waals surface area contributed by atoms with Crippen LogP contribution in [0.1, 0.15) is 26.2 Å². The van der Waals surface area contributed by atoms with Crippen molar-refractivity contribution in [2.24, 2.45) is 40.4 Å². The van der Waals surface area contributed by atoms with E-state index in [-0.39, 0.29) is 59.4 Å². The molecule has 14 atom stereocenters. The van der Waals surface area contributed by atoms with Crippen molar-refractivity contribution in [3.8, 4) is 0 Å². The molecule has 8 nitrogen and oxygen atoms in total. The first-order chi connectivity index (χ1) is 15.8. The monoisotopic (exact) mass is 467 g/mol. The van der Waals surface area contributed by atoms with Crippen LogP contribution in [0.15, 0.2) is 0 Å². The molecule has 8 heteroatoms. The number of hydrogen-bond donors (Lipinski definition) is 3. The molecule has 1 saturated heterocycles. The predicted molar refractivity (Wildman–Crippen MR) is 118 cm³/mol. The largest absolute Gasteiger partial charge is 0.392 e. The van der Waals surface area contributed by atoms with Crippen LogP contribution in [0.25, 0.3) is 0 Å². The number of fused-ring (bicyclic) bond motifs is 2. The summed E-state index contributed by atoms with van der Waals surface area (Å²) >= 11 is 0. The zero-order valence-corrected chi connectivity index (χ0v) is 20.5. The van der Waals surface area contributed by atoms with Crippen LogP contribution >= 0.6 is 0 Å². The number of piperidine rings is 1. The van der Waals surface area contributed by atoms with E-state index in [9.17, 15) is 15.3 Å². The van der Waals surface area contributed by atoms with Gasteiger partial charge in [-0.2, -0.15) is 0 Å². The first-order valence-corrected chi connectivity index (χ1v) is 12.7. The van der Waals surface area contributed by atoms with E-state index in [2.05, 4.69) is 11.8 Å². The summed E-state index contributed by atoms with van der Waals surface area (Å²) in [4.78, 5) is 2.47. The lowest BCUT2D eigenvalue weighted by Gasteiger charge is -2.70. The van der Waals surface area contributed by atoms with E-state index in [1.54, 1.807) is 28.4 Å². The van der Waals surface area contributed by atoms with Crippen molar-refractivity contribution >= 4 is 0 Å². The Hall–Kier alpha value is -0.320. The number of rotatable bonds is 6. The number of nitrogens with zero attached hydrogens (tertiary/aromatic N) is 1. The molecule has 1 heterocycles. The highest BCUT2D eigenvalue weighted by Gasteiger charge is 2.87. The molecule has 3 N–H and O–H groups in total. The Morgan fingerprint density at radius 2 is 1.76 bits per heavy atom. The number of hydrogen-bond acceptors (Lipinski definition) is 8. The predicted octanol–water partition coefficient (Wildman–Crippen LogP) is 0.127. The lowest BCUT2D eigenvalue weighted by molar-refractivity contribution is -0.295. The Morgan fingerprint density at radius 1 is 1.00 bits per heavy atom. The van der Waals surface area contributed by atoms with Crippen molar-refractivity contribution in [1.29, 1.82) is 0 Å². The highest BCUT2D eigenvalue weighted by atomic mass is 16.5. The smallest absolute Gasteiger partial charge is 0.0796 e. The molecule has 1 spiro atoms. The minimum absolute atomic E-state index is 0.0111. The molecule has 0 aromatic heterocycles. The fourth-order valence-electron chi connectivity index (χ4n) is 10.9. The molecule has 5 saturated carbocycles. The SMILES string of the molecule is CCN1C[C@@]2(COC)[C@H](O)C[C@@H](OC)[C@@]34[C@@H]1[C@@H]([C@H](OC)[C@@H]23)[C@]1(O)C[C@@H](OC)[C@@H]2C[C@H]4[C@H]1[C@H]2O. The Labute approximate surface area is 196 Å². The van der Waals surface area contributed by atoms with E-state index in [1.807, 2.05) is 0 Å². The number of likely N-dealkylation sites (tertiary alicyclic amines) is 1. The maximum atomic E-state index is 12.6. The summed E-state index contributed by atoms with van der Waals surface area (Å²) in [6.45, 7) is 4.14. The van der Waals surface area contributed by atoms with E-state index in [1.165, 1.54) is 0 Å². The summed E-state index contributed by atoms with van der Waals surface area (Å²) in [5, 5.41) is 35.8. The molecule has 6 aliphatic rings. The second kappa shape index (κ2) is 7.35. The van der Waals surface area contributed by atoms with Gasteiger partial charge in [-0.3, -0.25) is 4.90 Å². The van der Waals surface area contributed by atoms with Crippen molar-refractivity contribution in [3.63, 3.8) is 0 Å². The molecule has 7 bridgehead atoms. The summed E-state index contributed by atoms with van der Waals surface area (Å²) in [6, 6.07) is 0.0627. The molecule has 0 aromatic carbocycles. The molecule has 6 fully saturated rings. The molecule has 0 radical (unpaired) electrons.